The zero-order valence-electron chi connectivity index (χ0n) is 11.4. The van der Waals surface area contributed by atoms with Crippen LogP contribution in [-0.4, -0.2) is 23.2 Å². The van der Waals surface area contributed by atoms with E-state index in [-0.39, 0.29) is 18.4 Å². The molecule has 0 saturated heterocycles. The van der Waals surface area contributed by atoms with Gasteiger partial charge in [0, 0.05) is 18.7 Å². The Labute approximate surface area is 108 Å². The molecule has 0 aliphatic rings. The van der Waals surface area contributed by atoms with Crippen molar-refractivity contribution in [3.05, 3.63) is 24.3 Å². The van der Waals surface area contributed by atoms with Crippen molar-refractivity contribution in [2.45, 2.75) is 33.3 Å². The summed E-state index contributed by atoms with van der Waals surface area (Å²) in [5.41, 5.74) is -0.187. The second-order valence-corrected chi connectivity index (χ2v) is 5.01. The average Bonchev–Trinajstić information content (AvgIpc) is 2.26. The first-order chi connectivity index (χ1) is 8.31. The van der Waals surface area contributed by atoms with Crippen molar-refractivity contribution in [2.75, 3.05) is 11.9 Å². The standard InChI is InChI=1S/C14H21NO3/c1-10(2)14(4,17)9-18-13-7-5-6-12(8-13)15-11(3)16/h5-8,10,17H,9H2,1-4H3,(H,15,16). The van der Waals surface area contributed by atoms with Crippen molar-refractivity contribution in [1.29, 1.82) is 0 Å². The number of aliphatic hydroxyl groups is 1. The van der Waals surface area contributed by atoms with Gasteiger partial charge in [0.1, 0.15) is 12.4 Å². The minimum atomic E-state index is -0.871. The van der Waals surface area contributed by atoms with Gasteiger partial charge in [0.2, 0.25) is 5.91 Å². The van der Waals surface area contributed by atoms with Crippen molar-refractivity contribution in [3.63, 3.8) is 0 Å². The van der Waals surface area contributed by atoms with Gasteiger partial charge in [0.05, 0.1) is 5.60 Å². The van der Waals surface area contributed by atoms with E-state index in [2.05, 4.69) is 5.32 Å². The fourth-order valence-electron chi connectivity index (χ4n) is 1.26. The van der Waals surface area contributed by atoms with Crippen LogP contribution in [-0.2, 0) is 4.79 Å². The van der Waals surface area contributed by atoms with Crippen LogP contribution in [0.4, 0.5) is 5.69 Å². The van der Waals surface area contributed by atoms with Crippen molar-refractivity contribution < 1.29 is 14.6 Å². The number of amides is 1. The summed E-state index contributed by atoms with van der Waals surface area (Å²) in [4.78, 5) is 10.9. The second kappa shape index (κ2) is 5.87. The number of ether oxygens (including phenoxy) is 1. The first-order valence-electron chi connectivity index (χ1n) is 6.04. The van der Waals surface area contributed by atoms with Gasteiger partial charge in [-0.2, -0.15) is 0 Å². The minimum Gasteiger partial charge on any atom is -0.491 e. The van der Waals surface area contributed by atoms with E-state index >= 15 is 0 Å². The first kappa shape index (κ1) is 14.5. The Hall–Kier alpha value is -1.55. The lowest BCUT2D eigenvalue weighted by atomic mass is 9.94. The smallest absolute Gasteiger partial charge is 0.221 e. The number of hydrogen-bond acceptors (Lipinski definition) is 3. The van der Waals surface area contributed by atoms with Gasteiger partial charge in [-0.1, -0.05) is 19.9 Å². The molecule has 4 nitrogen and oxygen atoms in total. The van der Waals surface area contributed by atoms with E-state index in [1.54, 1.807) is 31.2 Å². The summed E-state index contributed by atoms with van der Waals surface area (Å²) in [6.45, 7) is 7.30. The maximum absolute atomic E-state index is 10.9. The van der Waals surface area contributed by atoms with E-state index in [0.29, 0.717) is 11.4 Å². The van der Waals surface area contributed by atoms with Crippen molar-refractivity contribution in [2.24, 2.45) is 5.92 Å². The van der Waals surface area contributed by atoms with Crippen LogP contribution in [0.1, 0.15) is 27.7 Å². The molecule has 1 unspecified atom stereocenters. The van der Waals surface area contributed by atoms with Gasteiger partial charge in [-0.25, -0.2) is 0 Å². The van der Waals surface area contributed by atoms with Gasteiger partial charge in [0.25, 0.3) is 0 Å². The zero-order chi connectivity index (χ0) is 13.8. The Morgan fingerprint density at radius 2 is 2.17 bits per heavy atom. The predicted octanol–water partition coefficient (Wildman–Crippen LogP) is 2.43. The van der Waals surface area contributed by atoms with Crippen LogP contribution >= 0.6 is 0 Å². The highest BCUT2D eigenvalue weighted by Gasteiger charge is 2.25. The Kier molecular flexibility index (Phi) is 4.73. The molecule has 0 spiro atoms. The highest BCUT2D eigenvalue weighted by atomic mass is 16.5. The molecule has 0 heterocycles. The number of nitrogens with one attached hydrogen (secondary N) is 1. The molecule has 4 heteroatoms. The number of benzene rings is 1. The molecule has 2 N–H and O–H groups in total. The fraction of sp³-hybridized carbons (Fsp3) is 0.500. The van der Waals surface area contributed by atoms with Gasteiger partial charge < -0.3 is 15.2 Å². The van der Waals surface area contributed by atoms with E-state index in [9.17, 15) is 9.90 Å². The highest BCUT2D eigenvalue weighted by Crippen LogP contribution is 2.21. The van der Waals surface area contributed by atoms with Gasteiger partial charge in [0.15, 0.2) is 0 Å². The van der Waals surface area contributed by atoms with Crippen LogP contribution in [0, 0.1) is 5.92 Å². The fourth-order valence-corrected chi connectivity index (χ4v) is 1.26. The van der Waals surface area contributed by atoms with E-state index in [0.717, 1.165) is 0 Å². The summed E-state index contributed by atoms with van der Waals surface area (Å²) < 4.78 is 5.55. The Morgan fingerprint density at radius 1 is 1.50 bits per heavy atom. The molecule has 1 aromatic rings. The zero-order valence-corrected chi connectivity index (χ0v) is 11.4. The van der Waals surface area contributed by atoms with Crippen molar-refractivity contribution in [3.8, 4) is 5.75 Å². The van der Waals surface area contributed by atoms with E-state index in [1.165, 1.54) is 6.92 Å². The third kappa shape index (κ3) is 4.37. The van der Waals surface area contributed by atoms with Crippen LogP contribution in [0.3, 0.4) is 0 Å². The molecular formula is C14H21NO3. The summed E-state index contributed by atoms with van der Waals surface area (Å²) in [6.07, 6.45) is 0. The SMILES string of the molecule is CC(=O)Nc1cccc(OCC(C)(O)C(C)C)c1. The molecule has 0 aromatic heterocycles. The van der Waals surface area contributed by atoms with E-state index in [4.69, 9.17) is 4.74 Å². The molecule has 0 bridgehead atoms. The Bertz CT molecular complexity index is 413. The molecule has 0 saturated carbocycles. The van der Waals surface area contributed by atoms with Gasteiger partial charge in [-0.05, 0) is 25.0 Å². The monoisotopic (exact) mass is 251 g/mol. The molecule has 0 fully saturated rings. The van der Waals surface area contributed by atoms with Crippen LogP contribution in [0.15, 0.2) is 24.3 Å². The Morgan fingerprint density at radius 3 is 2.72 bits per heavy atom. The minimum absolute atomic E-state index is 0.107. The number of carbonyl (C=O) groups is 1. The van der Waals surface area contributed by atoms with Crippen molar-refractivity contribution in [1.82, 2.24) is 0 Å². The van der Waals surface area contributed by atoms with Crippen LogP contribution < -0.4 is 10.1 Å². The molecule has 1 aromatic carbocycles. The van der Waals surface area contributed by atoms with E-state index < -0.39 is 5.60 Å². The van der Waals surface area contributed by atoms with Gasteiger partial charge >= 0.3 is 0 Å². The highest BCUT2D eigenvalue weighted by molar-refractivity contribution is 5.88. The van der Waals surface area contributed by atoms with Crippen LogP contribution in [0.5, 0.6) is 5.75 Å². The summed E-state index contributed by atoms with van der Waals surface area (Å²) in [5, 5.41) is 12.8. The maximum Gasteiger partial charge on any atom is 0.221 e. The maximum atomic E-state index is 10.9. The van der Waals surface area contributed by atoms with Crippen LogP contribution in [0.25, 0.3) is 0 Å². The largest absolute Gasteiger partial charge is 0.491 e. The molecule has 1 atom stereocenters. The van der Waals surface area contributed by atoms with E-state index in [1.807, 2.05) is 13.8 Å². The topological polar surface area (TPSA) is 58.6 Å². The second-order valence-electron chi connectivity index (χ2n) is 5.01. The molecule has 18 heavy (non-hydrogen) atoms. The molecule has 0 aliphatic carbocycles. The number of hydrogen-bond donors (Lipinski definition) is 2. The summed E-state index contributed by atoms with van der Waals surface area (Å²) in [5.74, 6) is 0.611. The Balaban J connectivity index is 2.65. The number of rotatable bonds is 5. The summed E-state index contributed by atoms with van der Waals surface area (Å²) in [7, 11) is 0. The number of carbonyl (C=O) groups excluding carboxylic acids is 1. The van der Waals surface area contributed by atoms with Crippen molar-refractivity contribution >= 4 is 11.6 Å². The predicted molar refractivity (Wildman–Crippen MR) is 71.7 cm³/mol. The molecule has 1 amide bonds. The first-order valence-corrected chi connectivity index (χ1v) is 6.04. The summed E-state index contributed by atoms with van der Waals surface area (Å²) >= 11 is 0. The third-order valence-electron chi connectivity index (χ3n) is 2.93. The van der Waals surface area contributed by atoms with Gasteiger partial charge in [-0.3, -0.25) is 4.79 Å². The molecule has 0 aliphatic heterocycles. The third-order valence-corrected chi connectivity index (χ3v) is 2.93. The lowest BCUT2D eigenvalue weighted by Crippen LogP contribution is -2.37. The normalized spacial score (nSPS) is 14.1. The molecule has 100 valence electrons. The number of anilines is 1. The van der Waals surface area contributed by atoms with Gasteiger partial charge in [-0.15, -0.1) is 0 Å². The van der Waals surface area contributed by atoms with Crippen LogP contribution in [0.2, 0.25) is 0 Å². The molecule has 1 rings (SSSR count). The quantitative estimate of drug-likeness (QED) is 0.845. The molecular weight excluding hydrogens is 230 g/mol. The lowest BCUT2D eigenvalue weighted by Gasteiger charge is -2.27. The summed E-state index contributed by atoms with van der Waals surface area (Å²) in [6, 6.07) is 7.11. The average molecular weight is 251 g/mol. The molecule has 0 radical (unpaired) electrons. The lowest BCUT2D eigenvalue weighted by molar-refractivity contribution is -0.114.